The number of carbonyl (C=O) groups is 4. The lowest BCUT2D eigenvalue weighted by atomic mass is 10.1. The minimum Gasteiger partial charge on any atom is -0.508 e. The van der Waals surface area contributed by atoms with Crippen molar-refractivity contribution in [3.8, 4) is 5.75 Å². The van der Waals surface area contributed by atoms with Crippen LogP contribution in [0.25, 0.3) is 0 Å². The Morgan fingerprint density at radius 1 is 0.972 bits per heavy atom. The van der Waals surface area contributed by atoms with E-state index in [1.54, 1.807) is 23.6 Å². The molecular weight excluding hydrogens is 597 g/mol. The Kier molecular flexibility index (Phi) is 9.32. The molecule has 0 fully saturated rings. The predicted octanol–water partition coefficient (Wildman–Crippen LogP) is 4.07. The standard InChI is InChI=1S/C23H18BrCl2N3O6S/c24-14-4-5-36-19(14)22(33)28-10-17(23(34)35)29-21(32)18-15(25)7-12(8-16(18)26)20(31)27-9-11-2-1-3-13(30)6-11/h1-8,17,30H,9-10H2,(H,27,31)(H,28,33)(H,29,32)(H,34,35)/t17-/m0/s1. The SMILES string of the molecule is O=C(NCc1cccc(O)c1)c1cc(Cl)c(C(=O)N[C@@H](CNC(=O)c2sccc2Br)C(=O)O)c(Cl)c1. The van der Waals surface area contributed by atoms with E-state index in [4.69, 9.17) is 23.2 Å². The Morgan fingerprint density at radius 2 is 1.67 bits per heavy atom. The van der Waals surface area contributed by atoms with Gasteiger partial charge in [0.1, 0.15) is 16.7 Å². The van der Waals surface area contributed by atoms with Crippen LogP contribution in [-0.2, 0) is 11.3 Å². The van der Waals surface area contributed by atoms with Crippen LogP contribution in [0.15, 0.2) is 52.3 Å². The maximum atomic E-state index is 12.8. The molecule has 0 saturated carbocycles. The van der Waals surface area contributed by atoms with E-state index in [-0.39, 0.29) is 33.5 Å². The van der Waals surface area contributed by atoms with Crippen molar-refractivity contribution in [2.24, 2.45) is 0 Å². The van der Waals surface area contributed by atoms with Crippen LogP contribution in [0.2, 0.25) is 10.0 Å². The number of rotatable bonds is 9. The second-order valence-corrected chi connectivity index (χ2v) is 9.92. The first-order valence-corrected chi connectivity index (χ1v) is 12.6. The van der Waals surface area contributed by atoms with Gasteiger partial charge in [0.2, 0.25) is 0 Å². The Balaban J connectivity index is 1.67. The molecule has 5 N–H and O–H groups in total. The number of carbonyl (C=O) groups excluding carboxylic acids is 3. The van der Waals surface area contributed by atoms with Gasteiger partial charge >= 0.3 is 5.97 Å². The average molecular weight is 615 g/mol. The molecule has 0 aliphatic carbocycles. The monoisotopic (exact) mass is 613 g/mol. The Hall–Kier alpha value is -3.12. The zero-order valence-electron chi connectivity index (χ0n) is 18.2. The fourth-order valence-electron chi connectivity index (χ4n) is 3.03. The summed E-state index contributed by atoms with van der Waals surface area (Å²) >= 11 is 16.8. The smallest absolute Gasteiger partial charge is 0.328 e. The highest BCUT2D eigenvalue weighted by atomic mass is 79.9. The van der Waals surface area contributed by atoms with Gasteiger partial charge < -0.3 is 26.2 Å². The van der Waals surface area contributed by atoms with E-state index in [1.165, 1.54) is 35.6 Å². The molecule has 0 unspecified atom stereocenters. The minimum atomic E-state index is -1.47. The quantitative estimate of drug-likeness (QED) is 0.246. The number of benzene rings is 2. The zero-order valence-corrected chi connectivity index (χ0v) is 22.1. The summed E-state index contributed by atoms with van der Waals surface area (Å²) in [7, 11) is 0. The fourth-order valence-corrected chi connectivity index (χ4v) is 5.16. The van der Waals surface area contributed by atoms with Gasteiger partial charge in [0.25, 0.3) is 17.7 Å². The number of hydrogen-bond acceptors (Lipinski definition) is 6. The van der Waals surface area contributed by atoms with Crippen LogP contribution in [0.3, 0.4) is 0 Å². The van der Waals surface area contributed by atoms with Gasteiger partial charge in [-0.2, -0.15) is 0 Å². The summed E-state index contributed by atoms with van der Waals surface area (Å²) in [5.74, 6) is -3.25. The molecule has 0 radical (unpaired) electrons. The van der Waals surface area contributed by atoms with Gasteiger partial charge in [-0.05, 0) is 57.2 Å². The molecule has 1 aromatic heterocycles. The highest BCUT2D eigenvalue weighted by Gasteiger charge is 2.25. The summed E-state index contributed by atoms with van der Waals surface area (Å²) in [6, 6.07) is 9.00. The molecule has 0 aliphatic rings. The maximum absolute atomic E-state index is 12.8. The number of thiophene rings is 1. The maximum Gasteiger partial charge on any atom is 0.328 e. The van der Waals surface area contributed by atoms with Crippen molar-refractivity contribution in [3.05, 3.63) is 83.9 Å². The number of phenols is 1. The molecule has 3 amide bonds. The topological polar surface area (TPSA) is 145 Å². The molecule has 3 rings (SSSR count). The van der Waals surface area contributed by atoms with Crippen LogP contribution in [0.4, 0.5) is 0 Å². The van der Waals surface area contributed by atoms with Gasteiger partial charge in [0.05, 0.1) is 15.6 Å². The molecule has 0 aliphatic heterocycles. The second-order valence-electron chi connectivity index (χ2n) is 7.34. The summed E-state index contributed by atoms with van der Waals surface area (Å²) in [6.45, 7) is -0.270. The normalized spacial score (nSPS) is 11.4. The molecule has 13 heteroatoms. The third-order valence-electron chi connectivity index (χ3n) is 4.79. The van der Waals surface area contributed by atoms with Crippen LogP contribution in [-0.4, -0.2) is 46.5 Å². The average Bonchev–Trinajstić information content (AvgIpc) is 3.25. The lowest BCUT2D eigenvalue weighted by Gasteiger charge is -2.17. The minimum absolute atomic E-state index is 0.0572. The first-order chi connectivity index (χ1) is 17.1. The molecule has 3 aromatic rings. The zero-order chi connectivity index (χ0) is 26.4. The number of carboxylic acids is 1. The van der Waals surface area contributed by atoms with Gasteiger partial charge in [-0.1, -0.05) is 35.3 Å². The summed E-state index contributed by atoms with van der Waals surface area (Å²) in [5, 5.41) is 27.7. The van der Waals surface area contributed by atoms with Crippen LogP contribution in [0.5, 0.6) is 5.75 Å². The molecule has 188 valence electrons. The van der Waals surface area contributed by atoms with Crippen molar-refractivity contribution < 1.29 is 29.4 Å². The van der Waals surface area contributed by atoms with Gasteiger partial charge in [0.15, 0.2) is 0 Å². The first-order valence-electron chi connectivity index (χ1n) is 10.2. The number of hydrogen-bond donors (Lipinski definition) is 5. The molecule has 9 nitrogen and oxygen atoms in total. The van der Waals surface area contributed by atoms with Crippen molar-refractivity contribution >= 4 is 74.2 Å². The van der Waals surface area contributed by atoms with E-state index < -0.39 is 36.3 Å². The molecular formula is C23H18BrCl2N3O6S. The van der Waals surface area contributed by atoms with E-state index in [2.05, 4.69) is 31.9 Å². The van der Waals surface area contributed by atoms with Crippen LogP contribution in [0, 0.1) is 0 Å². The fraction of sp³-hybridized carbons (Fsp3) is 0.130. The highest BCUT2D eigenvalue weighted by molar-refractivity contribution is 9.10. The third kappa shape index (κ3) is 6.97. The van der Waals surface area contributed by atoms with E-state index in [9.17, 15) is 29.4 Å². The largest absolute Gasteiger partial charge is 0.508 e. The number of amides is 3. The number of aromatic hydroxyl groups is 1. The number of phenolic OH excluding ortho intramolecular Hbond substituents is 1. The molecule has 2 aromatic carbocycles. The van der Waals surface area contributed by atoms with Crippen molar-refractivity contribution in [3.63, 3.8) is 0 Å². The molecule has 0 saturated heterocycles. The predicted molar refractivity (Wildman–Crippen MR) is 139 cm³/mol. The van der Waals surface area contributed by atoms with E-state index in [0.717, 1.165) is 0 Å². The van der Waals surface area contributed by atoms with Crippen molar-refractivity contribution in [2.45, 2.75) is 12.6 Å². The summed E-state index contributed by atoms with van der Waals surface area (Å²) in [5.41, 5.74) is 0.515. The highest BCUT2D eigenvalue weighted by Crippen LogP contribution is 2.27. The molecule has 1 atom stereocenters. The Morgan fingerprint density at radius 3 is 2.25 bits per heavy atom. The van der Waals surface area contributed by atoms with Crippen molar-refractivity contribution in [2.75, 3.05) is 6.54 Å². The van der Waals surface area contributed by atoms with E-state index in [1.807, 2.05) is 0 Å². The lowest BCUT2D eigenvalue weighted by Crippen LogP contribution is -2.48. The van der Waals surface area contributed by atoms with Crippen molar-refractivity contribution in [1.29, 1.82) is 0 Å². The Bertz CT molecular complexity index is 1310. The van der Waals surface area contributed by atoms with Crippen LogP contribution < -0.4 is 16.0 Å². The van der Waals surface area contributed by atoms with Crippen LogP contribution >= 0.6 is 50.5 Å². The molecule has 36 heavy (non-hydrogen) atoms. The van der Waals surface area contributed by atoms with Gasteiger partial charge in [0, 0.05) is 23.1 Å². The number of aliphatic carboxylic acids is 1. The molecule has 0 bridgehead atoms. The van der Waals surface area contributed by atoms with Crippen molar-refractivity contribution in [1.82, 2.24) is 16.0 Å². The summed E-state index contributed by atoms with van der Waals surface area (Å²) in [4.78, 5) is 49.5. The van der Waals surface area contributed by atoms with Crippen LogP contribution in [0.1, 0.15) is 36.0 Å². The first kappa shape index (κ1) is 27.5. The van der Waals surface area contributed by atoms with Gasteiger partial charge in [-0.15, -0.1) is 11.3 Å². The summed E-state index contributed by atoms with van der Waals surface area (Å²) in [6.07, 6.45) is 0. The van der Waals surface area contributed by atoms with Gasteiger partial charge in [-0.25, -0.2) is 4.79 Å². The van der Waals surface area contributed by atoms with E-state index >= 15 is 0 Å². The molecule has 1 heterocycles. The van der Waals surface area contributed by atoms with E-state index in [0.29, 0.717) is 14.9 Å². The summed E-state index contributed by atoms with van der Waals surface area (Å²) < 4.78 is 0.561. The Labute approximate surface area is 227 Å². The third-order valence-corrected chi connectivity index (χ3v) is 7.22. The van der Waals surface area contributed by atoms with Gasteiger partial charge in [-0.3, -0.25) is 14.4 Å². The number of halogens is 3. The number of nitrogens with one attached hydrogen (secondary N) is 3. The second kappa shape index (κ2) is 12.2. The molecule has 0 spiro atoms. The lowest BCUT2D eigenvalue weighted by molar-refractivity contribution is -0.139. The number of carboxylic acid groups (broad SMARTS) is 1.